The Balaban J connectivity index is 1.62. The van der Waals surface area contributed by atoms with Crippen LogP contribution in [0.2, 0.25) is 0 Å². The van der Waals surface area contributed by atoms with Gasteiger partial charge in [0.2, 0.25) is 10.0 Å². The largest absolute Gasteiger partial charge is 0.497 e. The number of methoxy groups -OCH3 is 2. The Morgan fingerprint density at radius 1 is 1.00 bits per heavy atom. The zero-order chi connectivity index (χ0) is 21.0. The SMILES string of the molecule is COc1cc(OC)cc(C(=O)NC2CCN(S(=O)(=O)c3ccc(C)cc3)CC2)c1. The minimum Gasteiger partial charge on any atom is -0.497 e. The van der Waals surface area contributed by atoms with E-state index in [0.29, 0.717) is 47.9 Å². The fourth-order valence-corrected chi connectivity index (χ4v) is 4.78. The molecule has 1 amide bonds. The molecule has 2 aromatic carbocycles. The normalized spacial score (nSPS) is 15.7. The standard InChI is InChI=1S/C21H26N2O5S/c1-15-4-6-20(7-5-15)29(25,26)23-10-8-17(9-11-23)22-21(24)16-12-18(27-2)14-19(13-16)28-3/h4-7,12-14,17H,8-11H2,1-3H3,(H,22,24). The molecule has 0 aromatic heterocycles. The predicted octanol–water partition coefficient (Wildman–Crippen LogP) is 2.60. The van der Waals surface area contributed by atoms with Gasteiger partial charge in [-0.1, -0.05) is 17.7 Å². The van der Waals surface area contributed by atoms with Crippen LogP contribution < -0.4 is 14.8 Å². The van der Waals surface area contributed by atoms with E-state index in [1.165, 1.54) is 18.5 Å². The Bertz CT molecular complexity index is 943. The monoisotopic (exact) mass is 418 g/mol. The first-order valence-corrected chi connectivity index (χ1v) is 10.9. The van der Waals surface area contributed by atoms with Gasteiger partial charge in [-0.15, -0.1) is 0 Å². The number of hydrogen-bond acceptors (Lipinski definition) is 5. The summed E-state index contributed by atoms with van der Waals surface area (Å²) in [5.74, 6) is 0.837. The number of hydrogen-bond donors (Lipinski definition) is 1. The topological polar surface area (TPSA) is 84.9 Å². The number of rotatable bonds is 6. The van der Waals surface area contributed by atoms with Crippen LogP contribution in [0.1, 0.15) is 28.8 Å². The van der Waals surface area contributed by atoms with Gasteiger partial charge in [0.25, 0.3) is 5.91 Å². The van der Waals surface area contributed by atoms with Crippen molar-refractivity contribution in [2.45, 2.75) is 30.7 Å². The Labute approximate surface area is 171 Å². The van der Waals surface area contributed by atoms with Crippen LogP contribution in [-0.4, -0.2) is 52.0 Å². The van der Waals surface area contributed by atoms with Crippen molar-refractivity contribution in [3.63, 3.8) is 0 Å². The molecule has 0 spiro atoms. The van der Waals surface area contributed by atoms with Crippen molar-refractivity contribution in [2.24, 2.45) is 0 Å². The third-order valence-corrected chi connectivity index (χ3v) is 6.97. The number of nitrogens with one attached hydrogen (secondary N) is 1. The highest BCUT2D eigenvalue weighted by Crippen LogP contribution is 2.24. The molecule has 2 aromatic rings. The molecule has 0 aliphatic carbocycles. The van der Waals surface area contributed by atoms with Crippen molar-refractivity contribution in [1.29, 1.82) is 0 Å². The van der Waals surface area contributed by atoms with E-state index >= 15 is 0 Å². The van der Waals surface area contributed by atoms with E-state index in [0.717, 1.165) is 5.56 Å². The number of carbonyl (C=O) groups is 1. The highest BCUT2D eigenvalue weighted by Gasteiger charge is 2.30. The average molecular weight is 419 g/mol. The molecule has 1 N–H and O–H groups in total. The van der Waals surface area contributed by atoms with Gasteiger partial charge in [0.15, 0.2) is 0 Å². The molecule has 8 heteroatoms. The molecule has 0 radical (unpaired) electrons. The van der Waals surface area contributed by atoms with Gasteiger partial charge >= 0.3 is 0 Å². The summed E-state index contributed by atoms with van der Waals surface area (Å²) in [6.07, 6.45) is 1.11. The molecule has 3 rings (SSSR count). The maximum Gasteiger partial charge on any atom is 0.251 e. The second-order valence-electron chi connectivity index (χ2n) is 7.07. The van der Waals surface area contributed by atoms with Crippen LogP contribution in [0.25, 0.3) is 0 Å². The number of amides is 1. The van der Waals surface area contributed by atoms with Crippen molar-refractivity contribution in [3.05, 3.63) is 53.6 Å². The summed E-state index contributed by atoms with van der Waals surface area (Å²) in [5, 5.41) is 2.99. The minimum absolute atomic E-state index is 0.0934. The number of aryl methyl sites for hydroxylation is 1. The predicted molar refractivity (Wildman–Crippen MR) is 110 cm³/mol. The van der Waals surface area contributed by atoms with Gasteiger partial charge in [-0.3, -0.25) is 4.79 Å². The second kappa shape index (κ2) is 8.84. The van der Waals surface area contributed by atoms with Crippen LogP contribution in [0, 0.1) is 6.92 Å². The van der Waals surface area contributed by atoms with Gasteiger partial charge in [-0.25, -0.2) is 8.42 Å². The maximum absolute atomic E-state index is 12.8. The van der Waals surface area contributed by atoms with E-state index in [1.54, 1.807) is 42.5 Å². The van der Waals surface area contributed by atoms with Crippen molar-refractivity contribution in [3.8, 4) is 11.5 Å². The molecule has 0 saturated carbocycles. The van der Waals surface area contributed by atoms with Gasteiger partial charge < -0.3 is 14.8 Å². The Hall–Kier alpha value is -2.58. The van der Waals surface area contributed by atoms with Gasteiger partial charge in [-0.05, 0) is 44.0 Å². The molecular formula is C21H26N2O5S. The van der Waals surface area contributed by atoms with E-state index in [4.69, 9.17) is 9.47 Å². The Morgan fingerprint density at radius 2 is 1.55 bits per heavy atom. The van der Waals surface area contributed by atoms with E-state index in [1.807, 2.05) is 6.92 Å². The van der Waals surface area contributed by atoms with Crippen LogP contribution in [-0.2, 0) is 10.0 Å². The first kappa shape index (κ1) is 21.1. The molecule has 1 fully saturated rings. The summed E-state index contributed by atoms with van der Waals surface area (Å²) in [6, 6.07) is 11.8. The molecule has 29 heavy (non-hydrogen) atoms. The van der Waals surface area contributed by atoms with Gasteiger partial charge in [0.1, 0.15) is 11.5 Å². The Morgan fingerprint density at radius 3 is 2.07 bits per heavy atom. The molecule has 0 atom stereocenters. The zero-order valence-electron chi connectivity index (χ0n) is 16.8. The highest BCUT2D eigenvalue weighted by atomic mass is 32.2. The first-order chi connectivity index (χ1) is 13.8. The quantitative estimate of drug-likeness (QED) is 0.779. The van der Waals surface area contributed by atoms with E-state index in [-0.39, 0.29) is 11.9 Å². The van der Waals surface area contributed by atoms with Crippen molar-refractivity contribution >= 4 is 15.9 Å². The van der Waals surface area contributed by atoms with Crippen molar-refractivity contribution < 1.29 is 22.7 Å². The summed E-state index contributed by atoms with van der Waals surface area (Å²) < 4.78 is 37.5. The summed E-state index contributed by atoms with van der Waals surface area (Å²) in [6.45, 7) is 2.65. The molecule has 1 aliphatic heterocycles. The second-order valence-corrected chi connectivity index (χ2v) is 9.00. The van der Waals surface area contributed by atoms with Crippen LogP contribution in [0.5, 0.6) is 11.5 Å². The fraction of sp³-hybridized carbons (Fsp3) is 0.381. The number of nitrogens with zero attached hydrogens (tertiary/aromatic N) is 1. The molecule has 1 aliphatic rings. The fourth-order valence-electron chi connectivity index (χ4n) is 3.31. The maximum atomic E-state index is 12.8. The number of carbonyl (C=O) groups excluding carboxylic acids is 1. The summed E-state index contributed by atoms with van der Waals surface area (Å²) in [5.41, 5.74) is 1.45. The van der Waals surface area contributed by atoms with E-state index < -0.39 is 10.0 Å². The summed E-state index contributed by atoms with van der Waals surface area (Å²) >= 11 is 0. The molecule has 0 bridgehead atoms. The molecule has 1 heterocycles. The number of benzene rings is 2. The van der Waals surface area contributed by atoms with Crippen LogP contribution in [0.4, 0.5) is 0 Å². The smallest absolute Gasteiger partial charge is 0.251 e. The highest BCUT2D eigenvalue weighted by molar-refractivity contribution is 7.89. The summed E-state index contributed by atoms with van der Waals surface area (Å²) in [4.78, 5) is 12.9. The molecule has 7 nitrogen and oxygen atoms in total. The molecular weight excluding hydrogens is 392 g/mol. The average Bonchev–Trinajstić information content (AvgIpc) is 2.74. The lowest BCUT2D eigenvalue weighted by Crippen LogP contribution is -2.46. The van der Waals surface area contributed by atoms with Gasteiger partial charge in [0.05, 0.1) is 19.1 Å². The van der Waals surface area contributed by atoms with Gasteiger partial charge in [0, 0.05) is 30.8 Å². The Kier molecular flexibility index (Phi) is 6.44. The molecule has 1 saturated heterocycles. The third kappa shape index (κ3) is 4.89. The number of sulfonamides is 1. The van der Waals surface area contributed by atoms with E-state index in [2.05, 4.69) is 5.32 Å². The van der Waals surface area contributed by atoms with Crippen LogP contribution in [0.15, 0.2) is 47.4 Å². The molecule has 156 valence electrons. The van der Waals surface area contributed by atoms with Crippen molar-refractivity contribution in [1.82, 2.24) is 9.62 Å². The number of ether oxygens (including phenoxy) is 2. The van der Waals surface area contributed by atoms with Gasteiger partial charge in [-0.2, -0.15) is 4.31 Å². The first-order valence-electron chi connectivity index (χ1n) is 9.44. The molecule has 0 unspecified atom stereocenters. The lowest BCUT2D eigenvalue weighted by atomic mass is 10.1. The lowest BCUT2D eigenvalue weighted by molar-refractivity contribution is 0.0923. The zero-order valence-corrected chi connectivity index (χ0v) is 17.7. The van der Waals surface area contributed by atoms with Crippen molar-refractivity contribution in [2.75, 3.05) is 27.3 Å². The third-order valence-electron chi connectivity index (χ3n) is 5.06. The lowest BCUT2D eigenvalue weighted by Gasteiger charge is -2.31. The number of piperidine rings is 1. The van der Waals surface area contributed by atoms with E-state index in [9.17, 15) is 13.2 Å². The summed E-state index contributed by atoms with van der Waals surface area (Å²) in [7, 11) is -0.456. The van der Waals surface area contributed by atoms with Crippen LogP contribution >= 0.6 is 0 Å². The van der Waals surface area contributed by atoms with Crippen LogP contribution in [0.3, 0.4) is 0 Å². The minimum atomic E-state index is -3.51.